The SMILES string of the molecule is C1=NCCN1.Fc1c(F)c(F)[c]([Al]([c]2c(F)c(F)c(F)c(F)c2F)[c]2c(F)c(F)c(F)c(F)c2F)c(F)c1F.Fc1c(F)c(F)[c]([Al]([c]2c(F)c(F)c(F)c(F)c2F)[c]2c(F)c(F)c(F)c(F)c2F)c(F)c1F. The summed E-state index contributed by atoms with van der Waals surface area (Å²) in [6.45, 7) is 1.99. The first kappa shape index (κ1) is 57.7. The Kier molecular flexibility index (Phi) is 17.1. The number of nitrogens with zero attached hydrogens (tertiary/aromatic N) is 1. The molecule has 73 heavy (non-hydrogen) atoms. The van der Waals surface area contributed by atoms with E-state index in [2.05, 4.69) is 10.3 Å². The smallest absolute Gasteiger partial charge is 0.375 e. The first-order chi connectivity index (χ1) is 33.8. The Hall–Kier alpha value is -6.25. The van der Waals surface area contributed by atoms with Crippen LogP contribution in [0.2, 0.25) is 0 Å². The van der Waals surface area contributed by atoms with E-state index in [1.54, 1.807) is 6.34 Å². The van der Waals surface area contributed by atoms with Crippen molar-refractivity contribution >= 4 is 61.2 Å². The van der Waals surface area contributed by atoms with E-state index in [9.17, 15) is 132 Å². The van der Waals surface area contributed by atoms with Gasteiger partial charge in [0.2, 0.25) is 0 Å². The highest BCUT2D eigenvalue weighted by atomic mass is 27.2. The molecule has 0 spiro atoms. The van der Waals surface area contributed by atoms with Crippen LogP contribution in [0.15, 0.2) is 4.99 Å². The van der Waals surface area contributed by atoms with Gasteiger partial charge in [-0.2, -0.15) is 0 Å². The number of hydrogen-bond acceptors (Lipinski definition) is 2. The lowest BCUT2D eigenvalue weighted by molar-refractivity contribution is 0.380. The zero-order valence-corrected chi connectivity index (χ0v) is 35.7. The monoisotopic (exact) mass is 1130 g/mol. The fraction of sp³-hybridized carbons (Fsp3) is 0.0513. The van der Waals surface area contributed by atoms with E-state index in [1.165, 1.54) is 0 Å². The van der Waals surface area contributed by atoms with Crippen LogP contribution in [0.5, 0.6) is 0 Å². The quantitative estimate of drug-likeness (QED) is 0.0775. The summed E-state index contributed by atoms with van der Waals surface area (Å²) in [4.78, 5) is 3.85. The first-order valence-electron chi connectivity index (χ1n) is 18.1. The molecular formula is C39H6Al2F30N2. The Morgan fingerprint density at radius 3 is 0.425 bits per heavy atom. The van der Waals surface area contributed by atoms with Gasteiger partial charge in [-0.15, -0.1) is 0 Å². The molecule has 0 unspecified atom stereocenters. The van der Waals surface area contributed by atoms with Crippen LogP contribution in [0.25, 0.3) is 0 Å². The zero-order chi connectivity index (χ0) is 55.5. The fourth-order valence-corrected chi connectivity index (χ4v) is 12.7. The van der Waals surface area contributed by atoms with Gasteiger partial charge in [0.05, 0.1) is 12.9 Å². The third-order valence-electron chi connectivity index (χ3n) is 9.76. The Morgan fingerprint density at radius 1 is 0.219 bits per heavy atom. The topological polar surface area (TPSA) is 24.4 Å². The predicted molar refractivity (Wildman–Crippen MR) is 188 cm³/mol. The minimum atomic E-state index is -5.96. The molecule has 0 aliphatic carbocycles. The molecule has 0 atom stereocenters. The summed E-state index contributed by atoms with van der Waals surface area (Å²) < 4.78 is 403. The van der Waals surface area contributed by atoms with E-state index >= 15 is 0 Å². The van der Waals surface area contributed by atoms with E-state index < -0.39 is 229 Å². The molecule has 388 valence electrons. The van der Waals surface area contributed by atoms with Crippen LogP contribution in [0.4, 0.5) is 132 Å². The number of aliphatic imine (C=N–C) groups is 1. The highest BCUT2D eigenvalue weighted by molar-refractivity contribution is 6.96. The molecule has 7 rings (SSSR count). The second-order valence-electron chi connectivity index (χ2n) is 13.8. The number of rotatable bonds is 6. The second-order valence-corrected chi connectivity index (χ2v) is 19.0. The maximum atomic E-state index is 14.4. The first-order valence-corrected chi connectivity index (χ1v) is 21.6. The summed E-state index contributed by atoms with van der Waals surface area (Å²) in [7, 11) is 0. The Labute approximate surface area is 390 Å². The lowest BCUT2D eigenvalue weighted by Crippen LogP contribution is -2.60. The number of nitrogens with one attached hydrogen (secondary N) is 1. The Balaban J connectivity index is 0.000000246. The molecule has 0 fully saturated rings. The minimum absolute atomic E-state index is 0.958. The van der Waals surface area contributed by atoms with Gasteiger partial charge in [-0.1, -0.05) is 0 Å². The largest absolute Gasteiger partial charge is 0.413 e. The number of halogens is 30. The summed E-state index contributed by atoms with van der Waals surface area (Å²) in [6, 6.07) is 0. The highest BCUT2D eigenvalue weighted by Gasteiger charge is 2.49. The average Bonchev–Trinajstić information content (AvgIpc) is 3.97. The van der Waals surface area contributed by atoms with Gasteiger partial charge in [0.25, 0.3) is 0 Å². The maximum Gasteiger partial charge on any atom is 0.413 e. The number of benzene rings is 6. The lowest BCUT2D eigenvalue weighted by atomic mass is 10.3. The van der Waals surface area contributed by atoms with Crippen LogP contribution in [-0.4, -0.2) is 47.7 Å². The van der Waals surface area contributed by atoms with Crippen molar-refractivity contribution in [2.24, 2.45) is 4.99 Å². The lowest BCUT2D eigenvalue weighted by Gasteiger charge is -2.20. The third-order valence-corrected chi connectivity index (χ3v) is 16.3. The molecule has 6 aromatic rings. The van der Waals surface area contributed by atoms with E-state index in [4.69, 9.17) is 0 Å². The molecular weight excluding hydrogens is 1120 g/mol. The van der Waals surface area contributed by atoms with Gasteiger partial charge in [-0.25, -0.2) is 132 Å². The van der Waals surface area contributed by atoms with Gasteiger partial charge in [-0.05, 0) is 26.6 Å². The molecule has 0 aromatic heterocycles. The number of hydrogen-bond donors (Lipinski definition) is 1. The molecule has 6 aromatic carbocycles. The van der Waals surface area contributed by atoms with Crippen molar-refractivity contribution in [3.63, 3.8) is 0 Å². The van der Waals surface area contributed by atoms with Gasteiger partial charge in [0.1, 0.15) is 0 Å². The van der Waals surface area contributed by atoms with E-state index in [0.717, 1.165) is 13.1 Å². The van der Waals surface area contributed by atoms with Gasteiger partial charge in [-0.3, -0.25) is 4.99 Å². The van der Waals surface area contributed by atoms with Gasteiger partial charge in [0.15, 0.2) is 175 Å². The van der Waals surface area contributed by atoms with Crippen molar-refractivity contribution < 1.29 is 132 Å². The molecule has 0 saturated carbocycles. The molecule has 2 nitrogen and oxygen atoms in total. The standard InChI is InChI=1S/6C6F5.C3H6N2.2Al/c6*7-2-1-3(8)5(10)6(11)4(2)9;1-2-5-3-4-1;;/h;;;;;;3H,1-2H2,(H,4,5);;. The highest BCUT2D eigenvalue weighted by Crippen LogP contribution is 2.26. The maximum absolute atomic E-state index is 14.4. The van der Waals surface area contributed by atoms with E-state index in [-0.39, 0.29) is 0 Å². The van der Waals surface area contributed by atoms with Crippen molar-refractivity contribution in [1.82, 2.24) is 5.32 Å². The summed E-state index contributed by atoms with van der Waals surface area (Å²) in [5.74, 6) is -89.2. The average molecular weight is 1130 g/mol. The molecule has 0 bridgehead atoms. The normalized spacial score (nSPS) is 11.9. The van der Waals surface area contributed by atoms with Crippen molar-refractivity contribution in [2.45, 2.75) is 0 Å². The van der Waals surface area contributed by atoms with Crippen LogP contribution in [0.1, 0.15) is 0 Å². The summed E-state index contributed by atoms with van der Waals surface area (Å²) >= 11 is -11.9. The molecule has 1 aliphatic rings. The molecule has 1 heterocycles. The van der Waals surface area contributed by atoms with Gasteiger partial charge < -0.3 is 5.32 Å². The molecule has 0 amide bonds. The fourth-order valence-electron chi connectivity index (χ4n) is 6.44. The molecule has 1 aliphatic heterocycles. The Morgan fingerprint density at radius 2 is 0.342 bits per heavy atom. The third kappa shape index (κ3) is 9.61. The van der Waals surface area contributed by atoms with Crippen molar-refractivity contribution in [3.8, 4) is 0 Å². The zero-order valence-electron chi connectivity index (χ0n) is 33.4. The van der Waals surface area contributed by atoms with Crippen LogP contribution in [0, 0.1) is 175 Å². The van der Waals surface area contributed by atoms with Crippen molar-refractivity contribution in [3.05, 3.63) is 175 Å². The van der Waals surface area contributed by atoms with Crippen LogP contribution >= 0.6 is 0 Å². The van der Waals surface area contributed by atoms with Gasteiger partial charge >= 0.3 is 28.3 Å². The minimum Gasteiger partial charge on any atom is -0.375 e. The van der Waals surface area contributed by atoms with Crippen molar-refractivity contribution in [1.29, 1.82) is 0 Å². The van der Waals surface area contributed by atoms with E-state index in [0.29, 0.717) is 0 Å². The van der Waals surface area contributed by atoms with Gasteiger partial charge in [0, 0.05) is 6.54 Å². The molecule has 34 heteroatoms. The second kappa shape index (κ2) is 21.7. The van der Waals surface area contributed by atoms with E-state index in [1.807, 2.05) is 0 Å². The molecule has 1 N–H and O–H groups in total. The summed E-state index contributed by atoms with van der Waals surface area (Å²) in [6.07, 6.45) is 1.74. The van der Waals surface area contributed by atoms with Crippen LogP contribution < -0.4 is 31.9 Å². The summed E-state index contributed by atoms with van der Waals surface area (Å²) in [5.41, 5.74) is 0. The van der Waals surface area contributed by atoms with Crippen molar-refractivity contribution in [2.75, 3.05) is 13.1 Å². The molecule has 0 radical (unpaired) electrons. The van der Waals surface area contributed by atoms with Crippen LogP contribution in [0.3, 0.4) is 0 Å². The predicted octanol–water partition coefficient (Wildman–Crippen LogP) is 8.20. The molecule has 0 saturated heterocycles. The van der Waals surface area contributed by atoms with Crippen LogP contribution in [-0.2, 0) is 0 Å². The summed E-state index contributed by atoms with van der Waals surface area (Å²) in [5, 5.41) is 2.93. The Bertz CT molecular complexity index is 2590.